The summed E-state index contributed by atoms with van der Waals surface area (Å²) >= 11 is 0. The summed E-state index contributed by atoms with van der Waals surface area (Å²) in [7, 11) is 0. The van der Waals surface area contributed by atoms with E-state index in [1.165, 1.54) is 5.56 Å². The highest BCUT2D eigenvalue weighted by Crippen LogP contribution is 2.17. The molecule has 2 aromatic rings. The van der Waals surface area contributed by atoms with E-state index in [-0.39, 0.29) is 0 Å². The van der Waals surface area contributed by atoms with Crippen molar-refractivity contribution in [2.75, 3.05) is 0 Å². The fourth-order valence-electron chi connectivity index (χ4n) is 1.82. The van der Waals surface area contributed by atoms with E-state index in [4.69, 9.17) is 5.26 Å². The van der Waals surface area contributed by atoms with E-state index in [1.807, 2.05) is 43.7 Å². The molecule has 0 amide bonds. The van der Waals surface area contributed by atoms with Crippen molar-refractivity contribution in [1.82, 2.24) is 9.78 Å². The molecule has 0 N–H and O–H groups in total. The van der Waals surface area contributed by atoms with Gasteiger partial charge in [0.2, 0.25) is 0 Å². The molecule has 0 fully saturated rings. The summed E-state index contributed by atoms with van der Waals surface area (Å²) < 4.78 is 1.82. The van der Waals surface area contributed by atoms with E-state index in [9.17, 15) is 0 Å². The van der Waals surface area contributed by atoms with Gasteiger partial charge >= 0.3 is 0 Å². The molecule has 0 saturated carbocycles. The Kier molecular flexibility index (Phi) is 2.49. The zero-order valence-electron chi connectivity index (χ0n) is 9.65. The van der Waals surface area contributed by atoms with Crippen LogP contribution in [0.2, 0.25) is 0 Å². The van der Waals surface area contributed by atoms with Gasteiger partial charge in [0, 0.05) is 0 Å². The number of hydrogen-bond acceptors (Lipinski definition) is 2. The molecule has 1 aromatic carbocycles. The van der Waals surface area contributed by atoms with E-state index in [0.29, 0.717) is 5.56 Å². The minimum Gasteiger partial charge on any atom is -0.236 e. The first-order valence-electron chi connectivity index (χ1n) is 5.17. The zero-order valence-corrected chi connectivity index (χ0v) is 9.65. The smallest absolute Gasteiger partial charge is 0.103 e. The number of benzene rings is 1. The van der Waals surface area contributed by atoms with Gasteiger partial charge in [0.15, 0.2) is 0 Å². The van der Waals surface area contributed by atoms with Crippen LogP contribution in [0.25, 0.3) is 5.69 Å². The van der Waals surface area contributed by atoms with Crippen LogP contribution in [-0.4, -0.2) is 9.78 Å². The summed E-state index contributed by atoms with van der Waals surface area (Å²) in [5.74, 6) is 0. The van der Waals surface area contributed by atoms with Crippen LogP contribution in [0.15, 0.2) is 24.3 Å². The molecule has 0 aliphatic heterocycles. The van der Waals surface area contributed by atoms with Gasteiger partial charge in [0.05, 0.1) is 22.6 Å². The highest BCUT2D eigenvalue weighted by atomic mass is 15.3. The molecular weight excluding hydrogens is 198 g/mol. The van der Waals surface area contributed by atoms with Crippen molar-refractivity contribution in [1.29, 1.82) is 5.26 Å². The standard InChI is InChI=1S/C13H13N3/c1-9-5-4-6-12(7-9)16-11(3)13(8-14)10(2)15-16/h4-7H,1-3H3. The lowest BCUT2D eigenvalue weighted by atomic mass is 10.2. The quantitative estimate of drug-likeness (QED) is 0.727. The number of nitrogens with zero attached hydrogens (tertiary/aromatic N) is 3. The molecule has 3 heteroatoms. The van der Waals surface area contributed by atoms with E-state index in [2.05, 4.69) is 17.2 Å². The third-order valence-corrected chi connectivity index (χ3v) is 2.65. The maximum atomic E-state index is 9.01. The lowest BCUT2D eigenvalue weighted by Gasteiger charge is -2.04. The average Bonchev–Trinajstić information content (AvgIpc) is 2.54. The van der Waals surface area contributed by atoms with Crippen molar-refractivity contribution in [3.05, 3.63) is 46.8 Å². The lowest BCUT2D eigenvalue weighted by Crippen LogP contribution is -1.99. The molecule has 0 bridgehead atoms. The molecule has 80 valence electrons. The minimum atomic E-state index is 0.668. The summed E-state index contributed by atoms with van der Waals surface area (Å²) in [6.07, 6.45) is 0. The Morgan fingerprint density at radius 3 is 2.56 bits per heavy atom. The van der Waals surface area contributed by atoms with Gasteiger partial charge in [0.25, 0.3) is 0 Å². The van der Waals surface area contributed by atoms with Crippen LogP contribution < -0.4 is 0 Å². The van der Waals surface area contributed by atoms with Gasteiger partial charge in [-0.25, -0.2) is 4.68 Å². The molecule has 3 nitrogen and oxygen atoms in total. The predicted molar refractivity (Wildman–Crippen MR) is 62.5 cm³/mol. The summed E-state index contributed by atoms with van der Waals surface area (Å²) in [6.45, 7) is 5.82. The van der Waals surface area contributed by atoms with Crippen LogP contribution in [0.3, 0.4) is 0 Å². The largest absolute Gasteiger partial charge is 0.236 e. The number of nitriles is 1. The molecule has 1 heterocycles. The monoisotopic (exact) mass is 211 g/mol. The molecule has 0 spiro atoms. The Morgan fingerprint density at radius 2 is 2.00 bits per heavy atom. The third-order valence-electron chi connectivity index (χ3n) is 2.65. The predicted octanol–water partition coefficient (Wildman–Crippen LogP) is 2.67. The average molecular weight is 211 g/mol. The van der Waals surface area contributed by atoms with Crippen molar-refractivity contribution >= 4 is 0 Å². The second-order valence-electron chi connectivity index (χ2n) is 3.91. The Hall–Kier alpha value is -2.08. The SMILES string of the molecule is Cc1cccc(-n2nc(C)c(C#N)c2C)c1. The number of aryl methyl sites for hydroxylation is 2. The molecule has 0 unspecified atom stereocenters. The van der Waals surface area contributed by atoms with Gasteiger partial charge in [-0.1, -0.05) is 12.1 Å². The molecule has 0 radical (unpaired) electrons. The fraction of sp³-hybridized carbons (Fsp3) is 0.231. The molecule has 0 saturated heterocycles. The van der Waals surface area contributed by atoms with Crippen molar-refractivity contribution in [2.45, 2.75) is 20.8 Å². The van der Waals surface area contributed by atoms with E-state index >= 15 is 0 Å². The van der Waals surface area contributed by atoms with E-state index < -0.39 is 0 Å². The Morgan fingerprint density at radius 1 is 1.25 bits per heavy atom. The van der Waals surface area contributed by atoms with Gasteiger partial charge < -0.3 is 0 Å². The van der Waals surface area contributed by atoms with Crippen molar-refractivity contribution in [3.63, 3.8) is 0 Å². The zero-order chi connectivity index (χ0) is 11.7. The van der Waals surface area contributed by atoms with Gasteiger partial charge in [-0.05, 0) is 38.5 Å². The highest BCUT2D eigenvalue weighted by Gasteiger charge is 2.11. The van der Waals surface area contributed by atoms with E-state index in [1.54, 1.807) is 0 Å². The first-order valence-corrected chi connectivity index (χ1v) is 5.17. The Balaban J connectivity index is 2.62. The van der Waals surface area contributed by atoms with Crippen LogP contribution in [0.1, 0.15) is 22.5 Å². The summed E-state index contributed by atoms with van der Waals surface area (Å²) in [5.41, 5.74) is 4.53. The summed E-state index contributed by atoms with van der Waals surface area (Å²) in [5, 5.41) is 13.4. The molecule has 0 aliphatic carbocycles. The second kappa shape index (κ2) is 3.82. The van der Waals surface area contributed by atoms with Gasteiger partial charge in [-0.2, -0.15) is 10.4 Å². The van der Waals surface area contributed by atoms with Gasteiger partial charge in [-0.15, -0.1) is 0 Å². The Labute approximate surface area is 94.9 Å². The molecular formula is C13H13N3. The number of hydrogen-bond donors (Lipinski definition) is 0. The molecule has 2 rings (SSSR count). The van der Waals surface area contributed by atoms with Crippen LogP contribution in [0, 0.1) is 32.1 Å². The molecule has 16 heavy (non-hydrogen) atoms. The van der Waals surface area contributed by atoms with Crippen molar-refractivity contribution in [2.24, 2.45) is 0 Å². The maximum absolute atomic E-state index is 9.01. The summed E-state index contributed by atoms with van der Waals surface area (Å²) in [4.78, 5) is 0. The third kappa shape index (κ3) is 1.59. The van der Waals surface area contributed by atoms with Gasteiger partial charge in [-0.3, -0.25) is 0 Å². The van der Waals surface area contributed by atoms with E-state index in [0.717, 1.165) is 17.1 Å². The second-order valence-corrected chi connectivity index (χ2v) is 3.91. The highest BCUT2D eigenvalue weighted by molar-refractivity contribution is 5.43. The van der Waals surface area contributed by atoms with Crippen LogP contribution in [-0.2, 0) is 0 Å². The summed E-state index contributed by atoms with van der Waals surface area (Å²) in [6, 6.07) is 10.3. The molecule has 0 aliphatic rings. The van der Waals surface area contributed by atoms with Gasteiger partial charge in [0.1, 0.15) is 6.07 Å². The fourth-order valence-corrected chi connectivity index (χ4v) is 1.82. The first-order chi connectivity index (χ1) is 7.63. The Bertz CT molecular complexity index is 573. The normalized spacial score (nSPS) is 10.1. The van der Waals surface area contributed by atoms with Crippen LogP contribution >= 0.6 is 0 Å². The molecule has 0 atom stereocenters. The van der Waals surface area contributed by atoms with Crippen molar-refractivity contribution in [3.8, 4) is 11.8 Å². The van der Waals surface area contributed by atoms with Crippen LogP contribution in [0.4, 0.5) is 0 Å². The number of rotatable bonds is 1. The van der Waals surface area contributed by atoms with Crippen molar-refractivity contribution < 1.29 is 0 Å². The first kappa shape index (κ1) is 10.4. The number of aromatic nitrogens is 2. The molecule has 1 aromatic heterocycles. The van der Waals surface area contributed by atoms with Crippen LogP contribution in [0.5, 0.6) is 0 Å². The lowest BCUT2D eigenvalue weighted by molar-refractivity contribution is 0.832. The maximum Gasteiger partial charge on any atom is 0.103 e. The minimum absolute atomic E-state index is 0.668. The topological polar surface area (TPSA) is 41.6 Å².